The molecule has 0 heterocycles. The molecule has 0 aliphatic carbocycles. The van der Waals surface area contributed by atoms with E-state index < -0.39 is 24.5 Å². The highest BCUT2D eigenvalue weighted by molar-refractivity contribution is 5.83. The Bertz CT molecular complexity index is 622. The van der Waals surface area contributed by atoms with Crippen LogP contribution in [0.1, 0.15) is 24.9 Å². The summed E-state index contributed by atoms with van der Waals surface area (Å²) in [5.41, 5.74) is 0.455. The SMILES string of the molecule is CC(=O)NC(CC(F)(F)F)c1ccc2ccccc2c1. The summed E-state index contributed by atoms with van der Waals surface area (Å²) in [6.07, 6.45) is -5.41. The molecule has 0 saturated heterocycles. The zero-order valence-corrected chi connectivity index (χ0v) is 10.9. The quantitative estimate of drug-likeness (QED) is 0.906. The Kier molecular flexibility index (Phi) is 3.97. The van der Waals surface area contributed by atoms with E-state index in [4.69, 9.17) is 0 Å². The van der Waals surface area contributed by atoms with Crippen LogP contribution in [0.2, 0.25) is 0 Å². The number of hydrogen-bond donors (Lipinski definition) is 1. The minimum absolute atomic E-state index is 0.455. The Morgan fingerprint density at radius 3 is 2.40 bits per heavy atom. The van der Waals surface area contributed by atoms with E-state index in [1.54, 1.807) is 18.2 Å². The van der Waals surface area contributed by atoms with Crippen LogP contribution >= 0.6 is 0 Å². The second kappa shape index (κ2) is 5.53. The van der Waals surface area contributed by atoms with E-state index >= 15 is 0 Å². The van der Waals surface area contributed by atoms with Gasteiger partial charge in [0.05, 0.1) is 12.5 Å². The predicted molar refractivity (Wildman–Crippen MR) is 71.2 cm³/mol. The van der Waals surface area contributed by atoms with Crippen molar-refractivity contribution in [2.24, 2.45) is 0 Å². The van der Waals surface area contributed by atoms with Crippen molar-refractivity contribution in [1.29, 1.82) is 0 Å². The van der Waals surface area contributed by atoms with Gasteiger partial charge in [-0.25, -0.2) is 0 Å². The van der Waals surface area contributed by atoms with Crippen LogP contribution in [0.3, 0.4) is 0 Å². The van der Waals surface area contributed by atoms with E-state index in [-0.39, 0.29) is 0 Å². The van der Waals surface area contributed by atoms with Crippen molar-refractivity contribution < 1.29 is 18.0 Å². The molecule has 0 radical (unpaired) electrons. The predicted octanol–water partition coefficient (Wildman–Crippen LogP) is 3.97. The molecule has 1 atom stereocenters. The molecule has 2 rings (SSSR count). The van der Waals surface area contributed by atoms with Crippen LogP contribution in [0.25, 0.3) is 10.8 Å². The standard InChI is InChI=1S/C15H14F3NO/c1-10(20)19-14(9-15(16,17)18)13-7-6-11-4-2-3-5-12(11)8-13/h2-8,14H,9H2,1H3,(H,19,20). The molecule has 1 amide bonds. The number of nitrogens with one attached hydrogen (secondary N) is 1. The van der Waals surface area contributed by atoms with Crippen LogP contribution in [-0.4, -0.2) is 12.1 Å². The van der Waals surface area contributed by atoms with Crippen molar-refractivity contribution in [1.82, 2.24) is 5.32 Å². The van der Waals surface area contributed by atoms with Gasteiger partial charge in [-0.05, 0) is 22.4 Å². The van der Waals surface area contributed by atoms with Gasteiger partial charge >= 0.3 is 6.18 Å². The van der Waals surface area contributed by atoms with E-state index in [9.17, 15) is 18.0 Å². The summed E-state index contributed by atoms with van der Waals surface area (Å²) in [6, 6.07) is 11.4. The van der Waals surface area contributed by atoms with Crippen molar-refractivity contribution in [3.63, 3.8) is 0 Å². The number of fused-ring (bicyclic) bond motifs is 1. The van der Waals surface area contributed by atoms with Crippen molar-refractivity contribution in [2.45, 2.75) is 25.6 Å². The minimum Gasteiger partial charge on any atom is -0.349 e. The second-order valence-corrected chi connectivity index (χ2v) is 4.68. The Hall–Kier alpha value is -2.04. The molecule has 5 heteroatoms. The first kappa shape index (κ1) is 14.4. The monoisotopic (exact) mass is 281 g/mol. The topological polar surface area (TPSA) is 29.1 Å². The zero-order chi connectivity index (χ0) is 14.8. The number of alkyl halides is 3. The Morgan fingerprint density at radius 2 is 1.80 bits per heavy atom. The van der Waals surface area contributed by atoms with Gasteiger partial charge in [-0.15, -0.1) is 0 Å². The minimum atomic E-state index is -4.33. The average Bonchev–Trinajstić information content (AvgIpc) is 2.35. The third-order valence-electron chi connectivity index (χ3n) is 2.99. The average molecular weight is 281 g/mol. The van der Waals surface area contributed by atoms with Crippen LogP contribution in [-0.2, 0) is 4.79 Å². The highest BCUT2D eigenvalue weighted by Crippen LogP contribution is 2.30. The summed E-state index contributed by atoms with van der Waals surface area (Å²) in [4.78, 5) is 11.1. The highest BCUT2D eigenvalue weighted by Gasteiger charge is 2.33. The third kappa shape index (κ3) is 3.73. The van der Waals surface area contributed by atoms with Gasteiger partial charge in [-0.1, -0.05) is 36.4 Å². The number of amides is 1. The molecule has 0 bridgehead atoms. The lowest BCUT2D eigenvalue weighted by Crippen LogP contribution is -2.30. The van der Waals surface area contributed by atoms with Gasteiger partial charge in [-0.3, -0.25) is 4.79 Å². The first-order valence-electron chi connectivity index (χ1n) is 6.18. The van der Waals surface area contributed by atoms with Gasteiger partial charge in [0.25, 0.3) is 0 Å². The van der Waals surface area contributed by atoms with Crippen LogP contribution in [0.5, 0.6) is 0 Å². The summed E-state index contributed by atoms with van der Waals surface area (Å²) in [5, 5.41) is 4.16. The maximum Gasteiger partial charge on any atom is 0.391 e. The van der Waals surface area contributed by atoms with Crippen LogP contribution in [0.4, 0.5) is 13.2 Å². The normalized spacial score (nSPS) is 13.2. The van der Waals surface area contributed by atoms with Gasteiger partial charge in [0, 0.05) is 6.92 Å². The molecule has 2 aromatic carbocycles. The molecule has 20 heavy (non-hydrogen) atoms. The Balaban J connectivity index is 2.36. The summed E-state index contributed by atoms with van der Waals surface area (Å²) in [7, 11) is 0. The number of hydrogen-bond acceptors (Lipinski definition) is 1. The maximum atomic E-state index is 12.6. The molecule has 106 valence electrons. The van der Waals surface area contributed by atoms with E-state index in [1.165, 1.54) is 6.92 Å². The Morgan fingerprint density at radius 1 is 1.15 bits per heavy atom. The fourth-order valence-electron chi connectivity index (χ4n) is 2.15. The molecule has 0 aromatic heterocycles. The molecule has 0 saturated carbocycles. The summed E-state index contributed by atoms with van der Waals surface area (Å²) in [6.45, 7) is 1.21. The fraction of sp³-hybridized carbons (Fsp3) is 0.267. The molecule has 0 fully saturated rings. The van der Waals surface area contributed by atoms with E-state index in [2.05, 4.69) is 5.32 Å². The molecule has 2 nitrogen and oxygen atoms in total. The molecule has 1 unspecified atom stereocenters. The first-order chi connectivity index (χ1) is 9.35. The smallest absolute Gasteiger partial charge is 0.349 e. The number of carbonyl (C=O) groups excluding carboxylic acids is 1. The van der Waals surface area contributed by atoms with Crippen LogP contribution in [0, 0.1) is 0 Å². The van der Waals surface area contributed by atoms with E-state index in [1.807, 2.05) is 24.3 Å². The van der Waals surface area contributed by atoms with Crippen molar-refractivity contribution in [3.8, 4) is 0 Å². The molecule has 0 aliphatic heterocycles. The molecular weight excluding hydrogens is 267 g/mol. The van der Waals surface area contributed by atoms with Gasteiger partial charge in [0.1, 0.15) is 0 Å². The number of rotatable bonds is 3. The lowest BCUT2D eigenvalue weighted by atomic mass is 9.99. The number of halogens is 3. The van der Waals surface area contributed by atoms with Crippen molar-refractivity contribution in [3.05, 3.63) is 48.0 Å². The number of benzene rings is 2. The zero-order valence-electron chi connectivity index (χ0n) is 10.9. The largest absolute Gasteiger partial charge is 0.391 e. The molecule has 0 aliphatic rings. The lowest BCUT2D eigenvalue weighted by Gasteiger charge is -2.20. The number of carbonyl (C=O) groups is 1. The molecular formula is C15H14F3NO. The van der Waals surface area contributed by atoms with E-state index in [0.717, 1.165) is 10.8 Å². The fourth-order valence-corrected chi connectivity index (χ4v) is 2.15. The van der Waals surface area contributed by atoms with Gasteiger partial charge in [0.2, 0.25) is 5.91 Å². The van der Waals surface area contributed by atoms with Gasteiger partial charge < -0.3 is 5.32 Å². The third-order valence-corrected chi connectivity index (χ3v) is 2.99. The molecule has 2 aromatic rings. The maximum absolute atomic E-state index is 12.6. The van der Waals surface area contributed by atoms with Gasteiger partial charge in [0.15, 0.2) is 0 Å². The van der Waals surface area contributed by atoms with Crippen molar-refractivity contribution in [2.75, 3.05) is 0 Å². The first-order valence-corrected chi connectivity index (χ1v) is 6.18. The summed E-state index contributed by atoms with van der Waals surface area (Å²) < 4.78 is 37.8. The molecule has 1 N–H and O–H groups in total. The second-order valence-electron chi connectivity index (χ2n) is 4.68. The van der Waals surface area contributed by atoms with Crippen LogP contribution in [0.15, 0.2) is 42.5 Å². The summed E-state index contributed by atoms with van der Waals surface area (Å²) in [5.74, 6) is -0.479. The lowest BCUT2D eigenvalue weighted by molar-refractivity contribution is -0.142. The van der Waals surface area contributed by atoms with Gasteiger partial charge in [-0.2, -0.15) is 13.2 Å². The van der Waals surface area contributed by atoms with Crippen molar-refractivity contribution >= 4 is 16.7 Å². The van der Waals surface area contributed by atoms with Crippen LogP contribution < -0.4 is 5.32 Å². The highest BCUT2D eigenvalue weighted by atomic mass is 19.4. The molecule has 0 spiro atoms. The Labute approximate surface area is 114 Å². The summed E-state index contributed by atoms with van der Waals surface area (Å²) >= 11 is 0. The van der Waals surface area contributed by atoms with E-state index in [0.29, 0.717) is 5.56 Å².